The fourth-order valence-corrected chi connectivity index (χ4v) is 4.99. The van der Waals surface area contributed by atoms with Crippen molar-refractivity contribution >= 4 is 31.6 Å². The van der Waals surface area contributed by atoms with E-state index < -0.39 is 26.0 Å². The lowest BCUT2D eigenvalue weighted by Crippen LogP contribution is -2.30. The highest BCUT2D eigenvalue weighted by Gasteiger charge is 2.20. The van der Waals surface area contributed by atoms with Gasteiger partial charge in [-0.15, -0.1) is 0 Å². The van der Waals surface area contributed by atoms with Crippen LogP contribution in [0.2, 0.25) is 0 Å². The summed E-state index contributed by atoms with van der Waals surface area (Å²) in [6.07, 6.45) is 0.950. The molecule has 0 saturated carbocycles. The van der Waals surface area contributed by atoms with E-state index in [4.69, 9.17) is 0 Å². The summed E-state index contributed by atoms with van der Waals surface area (Å²) in [7, 11) is -7.95. The first kappa shape index (κ1) is 23.5. The van der Waals surface area contributed by atoms with E-state index in [1.54, 1.807) is 42.5 Å². The lowest BCUT2D eigenvalue weighted by Gasteiger charge is -2.12. The van der Waals surface area contributed by atoms with E-state index in [0.29, 0.717) is 5.92 Å². The number of carbonyl (C=O) groups excluding carboxylic acids is 1. The molecule has 9 heteroatoms. The first-order valence-electron chi connectivity index (χ1n) is 9.97. The van der Waals surface area contributed by atoms with Crippen molar-refractivity contribution in [1.29, 1.82) is 0 Å². The lowest BCUT2D eigenvalue weighted by molar-refractivity contribution is 0.0981. The van der Waals surface area contributed by atoms with Crippen LogP contribution in [0.3, 0.4) is 0 Å². The Morgan fingerprint density at radius 2 is 1.31 bits per heavy atom. The topological polar surface area (TPSA) is 109 Å². The Kier molecular flexibility index (Phi) is 7.00. The van der Waals surface area contributed by atoms with Gasteiger partial charge in [-0.25, -0.2) is 21.6 Å². The van der Waals surface area contributed by atoms with Gasteiger partial charge in [-0.05, 0) is 66.4 Å². The van der Waals surface area contributed by atoms with Crippen LogP contribution < -0.4 is 9.44 Å². The Morgan fingerprint density at radius 1 is 0.781 bits per heavy atom. The third kappa shape index (κ3) is 5.54. The summed E-state index contributed by atoms with van der Waals surface area (Å²) in [5.41, 5.74) is 1.46. The van der Waals surface area contributed by atoms with Crippen molar-refractivity contribution in [3.63, 3.8) is 0 Å². The normalized spacial score (nSPS) is 12.7. The standard InChI is InChI=1S/C23H24N2O5S2/c1-3-17(2)18-9-13-21(14-10-18)31(27,28)24-20-11-15-22(16-12-20)32(29,30)25-23(26)19-7-5-4-6-8-19/h4-17,24H,3H2,1-2H3,(H,25,26). The first-order chi connectivity index (χ1) is 15.1. The summed E-state index contributed by atoms with van der Waals surface area (Å²) >= 11 is 0. The number of nitrogens with one attached hydrogen (secondary N) is 2. The molecule has 32 heavy (non-hydrogen) atoms. The Hall–Kier alpha value is -3.17. The molecule has 7 nitrogen and oxygen atoms in total. The zero-order valence-electron chi connectivity index (χ0n) is 17.6. The van der Waals surface area contributed by atoms with Crippen LogP contribution in [0, 0.1) is 0 Å². The first-order valence-corrected chi connectivity index (χ1v) is 12.9. The van der Waals surface area contributed by atoms with Gasteiger partial charge in [-0.3, -0.25) is 9.52 Å². The second-order valence-electron chi connectivity index (χ2n) is 7.31. The minimum Gasteiger partial charge on any atom is -0.280 e. The molecular weight excluding hydrogens is 448 g/mol. The minimum absolute atomic E-state index is 0.108. The Labute approximate surface area is 188 Å². The largest absolute Gasteiger partial charge is 0.280 e. The van der Waals surface area contributed by atoms with Crippen LogP contribution in [-0.2, 0) is 20.0 Å². The fraction of sp³-hybridized carbons (Fsp3) is 0.174. The summed E-state index contributed by atoms with van der Waals surface area (Å²) in [5, 5.41) is 0. The Bertz CT molecular complexity index is 1290. The van der Waals surface area contributed by atoms with Gasteiger partial charge in [0.15, 0.2) is 0 Å². The molecule has 0 radical (unpaired) electrons. The van der Waals surface area contributed by atoms with Crippen molar-refractivity contribution in [2.45, 2.75) is 36.0 Å². The van der Waals surface area contributed by atoms with Crippen LogP contribution in [0.15, 0.2) is 88.7 Å². The van der Waals surface area contributed by atoms with Gasteiger partial charge in [0.25, 0.3) is 26.0 Å². The van der Waals surface area contributed by atoms with E-state index in [1.165, 1.54) is 36.4 Å². The van der Waals surface area contributed by atoms with Gasteiger partial charge in [-0.1, -0.05) is 44.2 Å². The third-order valence-corrected chi connectivity index (χ3v) is 7.80. The number of hydrogen-bond donors (Lipinski definition) is 2. The number of carbonyl (C=O) groups is 1. The molecule has 1 amide bonds. The minimum atomic E-state index is -4.11. The number of anilines is 1. The maximum absolute atomic E-state index is 12.7. The second kappa shape index (κ2) is 9.54. The lowest BCUT2D eigenvalue weighted by atomic mass is 9.99. The van der Waals surface area contributed by atoms with Crippen molar-refractivity contribution in [3.05, 3.63) is 90.0 Å². The van der Waals surface area contributed by atoms with Crippen molar-refractivity contribution in [2.75, 3.05) is 4.72 Å². The molecule has 0 aromatic heterocycles. The molecule has 0 saturated heterocycles. The van der Waals surface area contributed by atoms with Crippen LogP contribution in [0.1, 0.15) is 42.1 Å². The predicted molar refractivity (Wildman–Crippen MR) is 123 cm³/mol. The summed E-state index contributed by atoms with van der Waals surface area (Å²) in [4.78, 5) is 12.1. The number of rotatable bonds is 8. The molecule has 2 N–H and O–H groups in total. The molecule has 0 bridgehead atoms. The summed E-state index contributed by atoms with van der Waals surface area (Å²) < 4.78 is 54.7. The molecular formula is C23H24N2O5S2. The number of amides is 1. The van der Waals surface area contributed by atoms with Crippen molar-refractivity contribution < 1.29 is 21.6 Å². The van der Waals surface area contributed by atoms with Gasteiger partial charge in [0.05, 0.1) is 9.79 Å². The molecule has 0 heterocycles. The van der Waals surface area contributed by atoms with E-state index >= 15 is 0 Å². The Balaban J connectivity index is 1.73. The second-order valence-corrected chi connectivity index (χ2v) is 10.7. The van der Waals surface area contributed by atoms with Crippen molar-refractivity contribution in [2.24, 2.45) is 0 Å². The molecule has 3 rings (SSSR count). The summed E-state index contributed by atoms with van der Waals surface area (Å²) in [6, 6.07) is 19.7. The van der Waals surface area contributed by atoms with Gasteiger partial charge in [0.1, 0.15) is 0 Å². The number of benzene rings is 3. The van der Waals surface area contributed by atoms with Crippen LogP contribution in [0.25, 0.3) is 0 Å². The zero-order valence-corrected chi connectivity index (χ0v) is 19.3. The van der Waals surface area contributed by atoms with Crippen LogP contribution in [-0.4, -0.2) is 22.7 Å². The van der Waals surface area contributed by atoms with E-state index in [9.17, 15) is 21.6 Å². The average molecular weight is 473 g/mol. The van der Waals surface area contributed by atoms with Gasteiger partial charge < -0.3 is 0 Å². The molecule has 0 aliphatic heterocycles. The maximum atomic E-state index is 12.7. The molecule has 0 aliphatic rings. The fourth-order valence-electron chi connectivity index (χ4n) is 2.96. The van der Waals surface area contributed by atoms with Gasteiger partial charge in [-0.2, -0.15) is 0 Å². The average Bonchev–Trinajstić information content (AvgIpc) is 2.79. The van der Waals surface area contributed by atoms with E-state index in [-0.39, 0.29) is 21.0 Å². The molecule has 0 fully saturated rings. The van der Waals surface area contributed by atoms with Gasteiger partial charge in [0.2, 0.25) is 0 Å². The van der Waals surface area contributed by atoms with E-state index in [2.05, 4.69) is 18.6 Å². The zero-order chi connectivity index (χ0) is 23.4. The molecule has 0 spiro atoms. The van der Waals surface area contributed by atoms with Crippen LogP contribution >= 0.6 is 0 Å². The third-order valence-electron chi connectivity index (χ3n) is 5.05. The predicted octanol–water partition coefficient (Wildman–Crippen LogP) is 4.12. The smallest absolute Gasteiger partial charge is 0.264 e. The summed E-state index contributed by atoms with van der Waals surface area (Å²) in [6.45, 7) is 4.13. The molecule has 0 aliphatic carbocycles. The van der Waals surface area contributed by atoms with Gasteiger partial charge >= 0.3 is 0 Å². The highest BCUT2D eigenvalue weighted by molar-refractivity contribution is 7.92. The summed E-state index contributed by atoms with van der Waals surface area (Å²) in [5.74, 6) is -0.423. The highest BCUT2D eigenvalue weighted by atomic mass is 32.2. The highest BCUT2D eigenvalue weighted by Crippen LogP contribution is 2.22. The quantitative estimate of drug-likeness (QED) is 0.513. The molecule has 3 aromatic rings. The van der Waals surface area contributed by atoms with E-state index in [1.807, 2.05) is 4.72 Å². The van der Waals surface area contributed by atoms with Crippen molar-refractivity contribution in [3.8, 4) is 0 Å². The SMILES string of the molecule is CCC(C)c1ccc(S(=O)(=O)Nc2ccc(S(=O)(=O)NC(=O)c3ccccc3)cc2)cc1. The van der Waals surface area contributed by atoms with Crippen LogP contribution in [0.5, 0.6) is 0 Å². The van der Waals surface area contributed by atoms with Crippen molar-refractivity contribution in [1.82, 2.24) is 4.72 Å². The Morgan fingerprint density at radius 3 is 1.88 bits per heavy atom. The monoisotopic (exact) mass is 472 g/mol. The number of hydrogen-bond acceptors (Lipinski definition) is 5. The molecule has 3 aromatic carbocycles. The maximum Gasteiger partial charge on any atom is 0.264 e. The van der Waals surface area contributed by atoms with Crippen LogP contribution in [0.4, 0.5) is 5.69 Å². The number of sulfonamides is 2. The molecule has 1 unspecified atom stereocenters. The molecule has 168 valence electrons. The van der Waals surface area contributed by atoms with E-state index in [0.717, 1.165) is 12.0 Å². The molecule has 1 atom stereocenters. The van der Waals surface area contributed by atoms with Gasteiger partial charge in [0, 0.05) is 11.3 Å².